The molecule has 0 fully saturated rings. The molecule has 84 valence electrons. The van der Waals surface area contributed by atoms with Gasteiger partial charge in [-0.2, -0.15) is 0 Å². The average molecular weight is 347 g/mol. The number of benzene rings is 1. The summed E-state index contributed by atoms with van der Waals surface area (Å²) >= 11 is 8.76. The molecule has 0 amide bonds. The summed E-state index contributed by atoms with van der Waals surface area (Å²) in [5, 5.41) is -0.0297. The van der Waals surface area contributed by atoms with Crippen LogP contribution in [0, 0.1) is 10.5 Å². The molecule has 0 saturated carbocycles. The minimum absolute atomic E-state index is 0.0297. The lowest BCUT2D eigenvalue weighted by Gasteiger charge is -2.12. The molecule has 16 heavy (non-hydrogen) atoms. The maximum absolute atomic E-state index is 6.41. The van der Waals surface area contributed by atoms with Gasteiger partial charge in [0, 0.05) is 22.4 Å². The number of aromatic amines is 1. The van der Waals surface area contributed by atoms with Crippen LogP contribution in [0.2, 0.25) is 0 Å². The van der Waals surface area contributed by atoms with Crippen molar-refractivity contribution in [1.82, 2.24) is 9.97 Å². The van der Waals surface area contributed by atoms with E-state index in [2.05, 4.69) is 51.6 Å². The lowest BCUT2D eigenvalue weighted by Crippen LogP contribution is -2.01. The van der Waals surface area contributed by atoms with Crippen molar-refractivity contribution < 1.29 is 0 Å². The summed E-state index contributed by atoms with van der Waals surface area (Å²) in [5.74, 6) is 0.928. The SMILES string of the molecule is Cc1cccc(C(Cl)Cc2ncc[nH]2)c1I. The van der Waals surface area contributed by atoms with E-state index in [1.165, 1.54) is 14.7 Å². The molecule has 1 atom stereocenters. The Morgan fingerprint density at radius 2 is 2.31 bits per heavy atom. The van der Waals surface area contributed by atoms with Crippen LogP contribution in [-0.4, -0.2) is 9.97 Å². The van der Waals surface area contributed by atoms with Gasteiger partial charge < -0.3 is 4.98 Å². The van der Waals surface area contributed by atoms with Crippen molar-refractivity contribution >= 4 is 34.2 Å². The van der Waals surface area contributed by atoms with E-state index < -0.39 is 0 Å². The van der Waals surface area contributed by atoms with E-state index in [-0.39, 0.29) is 5.38 Å². The molecule has 1 unspecified atom stereocenters. The van der Waals surface area contributed by atoms with Crippen LogP contribution >= 0.6 is 34.2 Å². The number of alkyl halides is 1. The predicted octanol–water partition coefficient (Wildman–Crippen LogP) is 3.85. The minimum atomic E-state index is -0.0297. The zero-order valence-corrected chi connectivity index (χ0v) is 11.8. The summed E-state index contributed by atoms with van der Waals surface area (Å²) < 4.78 is 1.24. The van der Waals surface area contributed by atoms with Crippen LogP contribution in [0.1, 0.15) is 22.3 Å². The zero-order chi connectivity index (χ0) is 11.5. The van der Waals surface area contributed by atoms with E-state index in [1.54, 1.807) is 6.20 Å². The van der Waals surface area contributed by atoms with Gasteiger partial charge in [0.05, 0.1) is 5.38 Å². The van der Waals surface area contributed by atoms with Gasteiger partial charge in [-0.3, -0.25) is 0 Å². The Morgan fingerprint density at radius 3 is 3.00 bits per heavy atom. The van der Waals surface area contributed by atoms with Gasteiger partial charge in [-0.1, -0.05) is 18.2 Å². The van der Waals surface area contributed by atoms with Gasteiger partial charge in [0.25, 0.3) is 0 Å². The zero-order valence-electron chi connectivity index (χ0n) is 8.87. The van der Waals surface area contributed by atoms with Crippen molar-refractivity contribution in [2.75, 3.05) is 0 Å². The van der Waals surface area contributed by atoms with Crippen molar-refractivity contribution in [3.05, 3.63) is 51.1 Å². The summed E-state index contributed by atoms with van der Waals surface area (Å²) in [5.41, 5.74) is 2.45. The summed E-state index contributed by atoms with van der Waals surface area (Å²) in [6.07, 6.45) is 4.30. The maximum atomic E-state index is 6.41. The molecule has 1 aromatic carbocycles. The Balaban J connectivity index is 2.21. The van der Waals surface area contributed by atoms with Crippen LogP contribution in [0.4, 0.5) is 0 Å². The highest BCUT2D eigenvalue weighted by molar-refractivity contribution is 14.1. The third kappa shape index (κ3) is 2.58. The Labute approximate surface area is 114 Å². The number of halogens is 2. The molecule has 2 nitrogen and oxygen atoms in total. The second-order valence-corrected chi connectivity index (χ2v) is 5.29. The van der Waals surface area contributed by atoms with E-state index in [4.69, 9.17) is 11.6 Å². The van der Waals surface area contributed by atoms with E-state index in [0.29, 0.717) is 0 Å². The van der Waals surface area contributed by atoms with Gasteiger partial charge >= 0.3 is 0 Å². The molecule has 0 bridgehead atoms. The fourth-order valence-electron chi connectivity index (χ4n) is 1.60. The van der Waals surface area contributed by atoms with Gasteiger partial charge in [0.15, 0.2) is 0 Å². The van der Waals surface area contributed by atoms with Crippen molar-refractivity contribution in [3.8, 4) is 0 Å². The van der Waals surface area contributed by atoms with Crippen LogP contribution in [0.15, 0.2) is 30.6 Å². The number of imidazole rings is 1. The first kappa shape index (κ1) is 11.9. The quantitative estimate of drug-likeness (QED) is 0.664. The van der Waals surface area contributed by atoms with Crippen LogP contribution in [-0.2, 0) is 6.42 Å². The molecule has 0 aliphatic rings. The molecule has 0 spiro atoms. The van der Waals surface area contributed by atoms with Crippen LogP contribution in [0.25, 0.3) is 0 Å². The molecule has 0 radical (unpaired) electrons. The van der Waals surface area contributed by atoms with Crippen molar-refractivity contribution in [2.24, 2.45) is 0 Å². The highest BCUT2D eigenvalue weighted by Gasteiger charge is 2.14. The van der Waals surface area contributed by atoms with Crippen molar-refractivity contribution in [1.29, 1.82) is 0 Å². The number of H-pyrrole nitrogens is 1. The Hall–Kier alpha value is -0.550. The molecule has 2 rings (SSSR count). The van der Waals surface area contributed by atoms with Gasteiger partial charge in [0.1, 0.15) is 5.82 Å². The number of rotatable bonds is 3. The fraction of sp³-hybridized carbons (Fsp3) is 0.250. The van der Waals surface area contributed by atoms with Crippen LogP contribution < -0.4 is 0 Å². The number of aryl methyl sites for hydroxylation is 1. The number of nitrogens with zero attached hydrogens (tertiary/aromatic N) is 1. The summed E-state index contributed by atoms with van der Waals surface area (Å²) in [4.78, 5) is 7.27. The average Bonchev–Trinajstić information content (AvgIpc) is 2.74. The van der Waals surface area contributed by atoms with E-state index in [9.17, 15) is 0 Å². The number of aromatic nitrogens is 2. The van der Waals surface area contributed by atoms with E-state index >= 15 is 0 Å². The van der Waals surface area contributed by atoms with E-state index in [1.807, 2.05) is 12.3 Å². The van der Waals surface area contributed by atoms with Gasteiger partial charge in [-0.25, -0.2) is 4.98 Å². The predicted molar refractivity (Wildman–Crippen MR) is 74.8 cm³/mol. The van der Waals surface area contributed by atoms with E-state index in [0.717, 1.165) is 12.2 Å². The molecule has 2 aromatic rings. The summed E-state index contributed by atoms with van der Waals surface area (Å²) in [6, 6.07) is 6.22. The second-order valence-electron chi connectivity index (χ2n) is 3.69. The lowest BCUT2D eigenvalue weighted by molar-refractivity contribution is 0.850. The number of nitrogens with one attached hydrogen (secondary N) is 1. The molecular weight excluding hydrogens is 335 g/mol. The van der Waals surface area contributed by atoms with Gasteiger partial charge in [-0.05, 0) is 40.6 Å². The highest BCUT2D eigenvalue weighted by atomic mass is 127. The normalized spacial score (nSPS) is 12.7. The van der Waals surface area contributed by atoms with Crippen LogP contribution in [0.5, 0.6) is 0 Å². The molecule has 1 heterocycles. The minimum Gasteiger partial charge on any atom is -0.349 e. The molecule has 4 heteroatoms. The first-order valence-corrected chi connectivity index (χ1v) is 6.57. The topological polar surface area (TPSA) is 28.7 Å². The molecule has 0 aliphatic carbocycles. The second kappa shape index (κ2) is 5.19. The number of hydrogen-bond donors (Lipinski definition) is 1. The Kier molecular flexibility index (Phi) is 3.86. The third-order valence-electron chi connectivity index (χ3n) is 2.49. The van der Waals surface area contributed by atoms with Gasteiger partial charge in [0.2, 0.25) is 0 Å². The smallest absolute Gasteiger partial charge is 0.107 e. The summed E-state index contributed by atoms with van der Waals surface area (Å²) in [7, 11) is 0. The highest BCUT2D eigenvalue weighted by Crippen LogP contribution is 2.29. The lowest BCUT2D eigenvalue weighted by atomic mass is 10.1. The van der Waals surface area contributed by atoms with Crippen molar-refractivity contribution in [2.45, 2.75) is 18.7 Å². The van der Waals surface area contributed by atoms with Gasteiger partial charge in [-0.15, -0.1) is 11.6 Å². The molecule has 0 saturated heterocycles. The molecule has 1 N–H and O–H groups in total. The Morgan fingerprint density at radius 1 is 1.50 bits per heavy atom. The standard InChI is InChI=1S/C12H12ClIN2/c1-8-3-2-4-9(12(8)14)10(13)7-11-15-5-6-16-11/h2-6,10H,7H2,1H3,(H,15,16). The van der Waals surface area contributed by atoms with Crippen molar-refractivity contribution in [3.63, 3.8) is 0 Å². The Bertz CT molecular complexity index is 468. The fourth-order valence-corrected chi connectivity index (χ4v) is 2.85. The molecule has 1 aromatic heterocycles. The largest absolute Gasteiger partial charge is 0.349 e. The molecule has 0 aliphatic heterocycles. The maximum Gasteiger partial charge on any atom is 0.107 e. The number of hydrogen-bond acceptors (Lipinski definition) is 1. The summed E-state index contributed by atoms with van der Waals surface area (Å²) in [6.45, 7) is 2.10. The van der Waals surface area contributed by atoms with Crippen LogP contribution in [0.3, 0.4) is 0 Å². The monoisotopic (exact) mass is 346 g/mol. The first-order chi connectivity index (χ1) is 7.68. The first-order valence-electron chi connectivity index (χ1n) is 5.06. The third-order valence-corrected chi connectivity index (χ3v) is 4.35. The molecular formula is C12H12ClIN2.